The topological polar surface area (TPSA) is 110 Å². The molecule has 0 aromatic rings. The smallest absolute Gasteiger partial charge is 0.328 e. The van der Waals surface area contributed by atoms with Gasteiger partial charge in [0.2, 0.25) is 0 Å². The Morgan fingerprint density at radius 3 is 2.06 bits per heavy atom. The Bertz CT molecular complexity index is 240. The first-order chi connectivity index (χ1) is 7.43. The largest absolute Gasteiger partial charge is 0.478 e. The van der Waals surface area contributed by atoms with Gasteiger partial charge in [-0.05, 0) is 19.8 Å². The molecule has 1 heterocycles. The van der Waals surface area contributed by atoms with E-state index in [9.17, 15) is 9.59 Å². The zero-order valence-corrected chi connectivity index (χ0v) is 9.13. The average molecular weight is 231 g/mol. The number of hydrogen-bond acceptors (Lipinski definition) is 4. The van der Waals surface area contributed by atoms with Crippen molar-refractivity contribution >= 4 is 11.9 Å². The van der Waals surface area contributed by atoms with Crippen LogP contribution in [0.4, 0.5) is 0 Å². The average Bonchev–Trinajstić information content (AvgIpc) is 2.68. The van der Waals surface area contributed by atoms with Crippen molar-refractivity contribution in [1.29, 1.82) is 0 Å². The molecule has 6 nitrogen and oxygen atoms in total. The van der Waals surface area contributed by atoms with Crippen molar-refractivity contribution in [3.63, 3.8) is 0 Å². The minimum Gasteiger partial charge on any atom is -0.478 e. The monoisotopic (exact) mass is 231 g/mol. The quantitative estimate of drug-likeness (QED) is 0.599. The lowest BCUT2D eigenvalue weighted by Gasteiger charge is -2.11. The molecule has 1 aliphatic rings. The molecule has 16 heavy (non-hydrogen) atoms. The Labute approximate surface area is 93.7 Å². The third-order valence-electron chi connectivity index (χ3n) is 1.92. The Balaban J connectivity index is 0.000000281. The number of carboxylic acids is 2. The zero-order valence-electron chi connectivity index (χ0n) is 9.13. The fraction of sp³-hybridized carbons (Fsp3) is 0.600. The number of nitrogens with two attached hydrogens (primary N) is 1. The molecule has 0 radical (unpaired) electrons. The molecule has 0 aromatic heterocycles. The maximum absolute atomic E-state index is 9.55. The SMILES string of the molecule is CC(N)C1CCCO1.O=C(O)C=CC(=O)O. The van der Waals surface area contributed by atoms with Crippen molar-refractivity contribution in [1.82, 2.24) is 0 Å². The lowest BCUT2D eigenvalue weighted by Crippen LogP contribution is -2.30. The Kier molecular flexibility index (Phi) is 7.15. The molecule has 4 N–H and O–H groups in total. The van der Waals surface area contributed by atoms with Gasteiger partial charge in [-0.25, -0.2) is 9.59 Å². The maximum Gasteiger partial charge on any atom is 0.328 e. The van der Waals surface area contributed by atoms with Gasteiger partial charge in [0.05, 0.1) is 6.10 Å². The third kappa shape index (κ3) is 7.95. The first-order valence-corrected chi connectivity index (χ1v) is 4.94. The second-order valence-electron chi connectivity index (χ2n) is 3.42. The van der Waals surface area contributed by atoms with Gasteiger partial charge in [-0.1, -0.05) is 0 Å². The highest BCUT2D eigenvalue weighted by Gasteiger charge is 2.18. The van der Waals surface area contributed by atoms with E-state index in [4.69, 9.17) is 20.7 Å². The molecule has 0 spiro atoms. The number of aliphatic carboxylic acids is 2. The summed E-state index contributed by atoms with van der Waals surface area (Å²) in [6.07, 6.45) is 3.80. The summed E-state index contributed by atoms with van der Waals surface area (Å²) in [6.45, 7) is 2.90. The second-order valence-corrected chi connectivity index (χ2v) is 3.42. The first kappa shape index (κ1) is 14.6. The van der Waals surface area contributed by atoms with Crippen LogP contribution in [0.15, 0.2) is 12.2 Å². The van der Waals surface area contributed by atoms with Crippen LogP contribution in [0.3, 0.4) is 0 Å². The summed E-state index contributed by atoms with van der Waals surface area (Å²) in [5, 5.41) is 15.6. The predicted molar refractivity (Wildman–Crippen MR) is 57.0 cm³/mol. The summed E-state index contributed by atoms with van der Waals surface area (Å²) in [6, 6.07) is 0.220. The fourth-order valence-electron chi connectivity index (χ4n) is 1.16. The van der Waals surface area contributed by atoms with Crippen LogP contribution in [0.25, 0.3) is 0 Å². The van der Waals surface area contributed by atoms with Gasteiger partial charge in [0.1, 0.15) is 0 Å². The number of hydrogen-bond donors (Lipinski definition) is 3. The van der Waals surface area contributed by atoms with Crippen molar-refractivity contribution < 1.29 is 24.5 Å². The van der Waals surface area contributed by atoms with Gasteiger partial charge in [0.25, 0.3) is 0 Å². The second kappa shape index (κ2) is 7.84. The van der Waals surface area contributed by atoms with Gasteiger partial charge in [-0.15, -0.1) is 0 Å². The van der Waals surface area contributed by atoms with E-state index in [0.29, 0.717) is 18.3 Å². The van der Waals surface area contributed by atoms with Gasteiger partial charge >= 0.3 is 11.9 Å². The molecule has 1 fully saturated rings. The minimum absolute atomic E-state index is 0.220. The number of carbonyl (C=O) groups is 2. The lowest BCUT2D eigenvalue weighted by atomic mass is 10.1. The normalized spacial score (nSPS) is 21.2. The van der Waals surface area contributed by atoms with Gasteiger partial charge < -0.3 is 20.7 Å². The molecule has 2 unspecified atom stereocenters. The Hall–Kier alpha value is -1.40. The maximum atomic E-state index is 9.55. The van der Waals surface area contributed by atoms with E-state index < -0.39 is 11.9 Å². The number of rotatable bonds is 3. The molecule has 0 aromatic carbocycles. The number of carboxylic acid groups (broad SMARTS) is 2. The summed E-state index contributed by atoms with van der Waals surface area (Å²) in [5.41, 5.74) is 5.57. The molecule has 1 saturated heterocycles. The van der Waals surface area contributed by atoms with Crippen molar-refractivity contribution in [3.05, 3.63) is 12.2 Å². The van der Waals surface area contributed by atoms with Crippen molar-refractivity contribution in [3.8, 4) is 0 Å². The van der Waals surface area contributed by atoms with E-state index in [1.54, 1.807) is 0 Å². The summed E-state index contributed by atoms with van der Waals surface area (Å²) in [7, 11) is 0. The highest BCUT2D eigenvalue weighted by molar-refractivity contribution is 5.89. The molecule has 1 rings (SSSR count). The molecule has 2 atom stereocenters. The molecule has 0 saturated carbocycles. The van der Waals surface area contributed by atoms with E-state index in [1.165, 1.54) is 6.42 Å². The van der Waals surface area contributed by atoms with Crippen LogP contribution >= 0.6 is 0 Å². The molecular weight excluding hydrogens is 214 g/mol. The lowest BCUT2D eigenvalue weighted by molar-refractivity contribution is -0.134. The van der Waals surface area contributed by atoms with Crippen LogP contribution in [0.5, 0.6) is 0 Å². The molecule has 6 heteroatoms. The van der Waals surface area contributed by atoms with Crippen molar-refractivity contribution in [2.45, 2.75) is 31.9 Å². The summed E-state index contributed by atoms with van der Waals surface area (Å²) in [4.78, 5) is 19.1. The van der Waals surface area contributed by atoms with Gasteiger partial charge in [0, 0.05) is 24.8 Å². The van der Waals surface area contributed by atoms with E-state index in [2.05, 4.69) is 0 Å². The zero-order chi connectivity index (χ0) is 12.6. The summed E-state index contributed by atoms with van der Waals surface area (Å²) in [5.74, 6) is -2.51. The van der Waals surface area contributed by atoms with Crippen molar-refractivity contribution in [2.75, 3.05) is 6.61 Å². The van der Waals surface area contributed by atoms with Crippen LogP contribution in [-0.4, -0.2) is 40.9 Å². The molecule has 92 valence electrons. The predicted octanol–water partition coefficient (Wildman–Crippen LogP) is 0.224. The van der Waals surface area contributed by atoms with Crippen molar-refractivity contribution in [2.24, 2.45) is 5.73 Å². The highest BCUT2D eigenvalue weighted by Crippen LogP contribution is 2.13. The van der Waals surface area contributed by atoms with Crippen LogP contribution in [0.2, 0.25) is 0 Å². The van der Waals surface area contributed by atoms with E-state index >= 15 is 0 Å². The first-order valence-electron chi connectivity index (χ1n) is 4.94. The number of ether oxygens (including phenoxy) is 1. The standard InChI is InChI=1S/C6H13NO.C4H4O4/c1-5(7)6-3-2-4-8-6;5-3(6)1-2-4(7)8/h5-6H,2-4,7H2,1H3;1-2H,(H,5,6)(H,7,8). The molecule has 0 amide bonds. The van der Waals surface area contributed by atoms with E-state index in [0.717, 1.165) is 13.0 Å². The highest BCUT2D eigenvalue weighted by atomic mass is 16.5. The summed E-state index contributed by atoms with van der Waals surface area (Å²) < 4.78 is 5.29. The fourth-order valence-corrected chi connectivity index (χ4v) is 1.16. The third-order valence-corrected chi connectivity index (χ3v) is 1.92. The van der Waals surface area contributed by atoms with E-state index in [-0.39, 0.29) is 6.04 Å². The van der Waals surface area contributed by atoms with Crippen LogP contribution < -0.4 is 5.73 Å². The summed E-state index contributed by atoms with van der Waals surface area (Å²) >= 11 is 0. The Morgan fingerprint density at radius 1 is 1.38 bits per heavy atom. The van der Waals surface area contributed by atoms with E-state index in [1.807, 2.05) is 6.92 Å². The van der Waals surface area contributed by atoms with Crippen LogP contribution in [0.1, 0.15) is 19.8 Å². The van der Waals surface area contributed by atoms with Gasteiger partial charge in [-0.3, -0.25) is 0 Å². The molecular formula is C10H17NO5. The molecule has 0 aliphatic carbocycles. The molecule has 0 bridgehead atoms. The minimum atomic E-state index is -1.26. The van der Waals surface area contributed by atoms with Crippen LogP contribution in [-0.2, 0) is 14.3 Å². The Morgan fingerprint density at radius 2 is 1.88 bits per heavy atom. The van der Waals surface area contributed by atoms with Gasteiger partial charge in [-0.2, -0.15) is 0 Å². The van der Waals surface area contributed by atoms with Crippen LogP contribution in [0, 0.1) is 0 Å². The molecule has 1 aliphatic heterocycles. The van der Waals surface area contributed by atoms with Gasteiger partial charge in [0.15, 0.2) is 0 Å².